The smallest absolute Gasteiger partial charge is 0.0468 e. The summed E-state index contributed by atoms with van der Waals surface area (Å²) < 4.78 is 0. The second kappa shape index (κ2) is 15.5. The van der Waals surface area contributed by atoms with Crippen molar-refractivity contribution in [3.05, 3.63) is 199 Å². The van der Waals surface area contributed by atoms with Crippen LogP contribution in [0.15, 0.2) is 182 Å². The molecule has 8 rings (SSSR count). The van der Waals surface area contributed by atoms with Gasteiger partial charge in [-0.25, -0.2) is 0 Å². The fourth-order valence-electron chi connectivity index (χ4n) is 8.05. The van der Waals surface area contributed by atoms with Gasteiger partial charge in [-0.05, 0) is 131 Å². The third-order valence-electron chi connectivity index (χ3n) is 11.8. The Morgan fingerprint density at radius 3 is 1.05 bits per heavy atom. The molecule has 0 N–H and O–H groups in total. The minimum atomic E-state index is 0.0842. The van der Waals surface area contributed by atoms with Gasteiger partial charge in [0.2, 0.25) is 0 Å². The molecule has 1 heteroatoms. The van der Waals surface area contributed by atoms with E-state index in [1.807, 2.05) is 0 Å². The van der Waals surface area contributed by atoms with E-state index in [1.165, 1.54) is 72.0 Å². The van der Waals surface area contributed by atoms with Gasteiger partial charge in [-0.1, -0.05) is 202 Å². The number of hydrogen-bond acceptors (Lipinski definition) is 1. The number of benzene rings is 8. The maximum Gasteiger partial charge on any atom is 0.0468 e. The summed E-state index contributed by atoms with van der Waals surface area (Å²) in [6.07, 6.45) is 0. The lowest BCUT2D eigenvalue weighted by Gasteiger charge is -2.27. The van der Waals surface area contributed by atoms with Crippen molar-refractivity contribution in [2.75, 3.05) is 4.90 Å². The molecular weight excluding hydrogens is 711 g/mol. The highest BCUT2D eigenvalue weighted by Gasteiger charge is 2.20. The minimum absolute atomic E-state index is 0.0842. The van der Waals surface area contributed by atoms with Gasteiger partial charge in [-0.2, -0.15) is 0 Å². The summed E-state index contributed by atoms with van der Waals surface area (Å²) in [7, 11) is 0. The first kappa shape index (κ1) is 39.6. The Balaban J connectivity index is 1.25. The Hall–Kier alpha value is -6.18. The van der Waals surface area contributed by atoms with E-state index in [2.05, 4.69) is 249 Å². The minimum Gasteiger partial charge on any atom is -0.310 e. The quantitative estimate of drug-likeness (QED) is 0.156. The van der Waals surface area contributed by atoms with Crippen molar-refractivity contribution in [2.24, 2.45) is 0 Å². The lowest BCUT2D eigenvalue weighted by molar-refractivity contribution is 0.590. The first-order valence-electron chi connectivity index (χ1n) is 21.1. The number of hydrogen-bond donors (Lipinski definition) is 0. The summed E-state index contributed by atoms with van der Waals surface area (Å²) in [6.45, 7) is 20.4. The molecule has 0 bridgehead atoms. The zero-order chi connectivity index (χ0) is 41.5. The van der Waals surface area contributed by atoms with Gasteiger partial charge in [0, 0.05) is 17.1 Å². The number of fused-ring (bicyclic) bond motifs is 1. The average molecular weight is 768 g/mol. The lowest BCUT2D eigenvalue weighted by atomic mass is 9.85. The zero-order valence-corrected chi connectivity index (χ0v) is 36.3. The van der Waals surface area contributed by atoms with E-state index in [0.29, 0.717) is 0 Å². The third-order valence-corrected chi connectivity index (χ3v) is 11.8. The van der Waals surface area contributed by atoms with E-state index >= 15 is 0 Å². The van der Waals surface area contributed by atoms with Crippen LogP contribution in [0.5, 0.6) is 0 Å². The van der Waals surface area contributed by atoms with Crippen molar-refractivity contribution in [2.45, 2.75) is 78.6 Å². The van der Waals surface area contributed by atoms with Gasteiger partial charge in [-0.15, -0.1) is 0 Å². The summed E-state index contributed by atoms with van der Waals surface area (Å²) in [4.78, 5) is 2.40. The number of anilines is 3. The Morgan fingerprint density at radius 1 is 0.271 bits per heavy atom. The highest BCUT2D eigenvalue weighted by molar-refractivity contribution is 5.94. The number of rotatable bonds is 7. The van der Waals surface area contributed by atoms with E-state index in [1.54, 1.807) is 0 Å². The van der Waals surface area contributed by atoms with Crippen molar-refractivity contribution >= 4 is 27.8 Å². The van der Waals surface area contributed by atoms with E-state index in [-0.39, 0.29) is 16.2 Å². The van der Waals surface area contributed by atoms with Crippen LogP contribution in [-0.2, 0) is 16.2 Å². The summed E-state index contributed by atoms with van der Waals surface area (Å²) in [5.41, 5.74) is 17.3. The normalized spacial score (nSPS) is 12.2. The van der Waals surface area contributed by atoms with Crippen LogP contribution in [0.1, 0.15) is 79.0 Å². The van der Waals surface area contributed by atoms with Crippen LogP contribution >= 0.6 is 0 Å². The van der Waals surface area contributed by atoms with Crippen LogP contribution in [-0.4, -0.2) is 0 Å². The predicted octanol–water partition coefficient (Wildman–Crippen LogP) is 16.9. The molecule has 0 aromatic heterocycles. The molecule has 0 spiro atoms. The second-order valence-corrected chi connectivity index (χ2v) is 19.2. The van der Waals surface area contributed by atoms with Crippen molar-refractivity contribution < 1.29 is 0 Å². The Labute approximate surface area is 353 Å². The van der Waals surface area contributed by atoms with Crippen molar-refractivity contribution in [3.63, 3.8) is 0 Å². The molecule has 0 aliphatic heterocycles. The molecule has 0 aliphatic rings. The number of nitrogens with zero attached hydrogens (tertiary/aromatic N) is 1. The van der Waals surface area contributed by atoms with E-state index in [0.717, 1.165) is 17.1 Å². The third kappa shape index (κ3) is 8.53. The summed E-state index contributed by atoms with van der Waals surface area (Å²) >= 11 is 0. The average Bonchev–Trinajstić information content (AvgIpc) is 3.23. The Morgan fingerprint density at radius 2 is 0.627 bits per heavy atom. The molecule has 0 atom stereocenters. The standard InChI is InChI=1S/C58H57N/c1-56(2,3)48-26-16-41(17-27-48)43-22-32-51(33-23-43)59(52-34-24-44(25-35-52)42-18-28-49(29-19-42)57(4,5)6)53-36-37-54(45-20-30-50(31-21-45)58(7,8)9)55(39-53)47-15-14-40-12-10-11-13-46(40)38-47/h10-39H,1-9H3. The lowest BCUT2D eigenvalue weighted by Crippen LogP contribution is -2.11. The van der Waals surface area contributed by atoms with Crippen molar-refractivity contribution in [1.82, 2.24) is 0 Å². The molecule has 59 heavy (non-hydrogen) atoms. The van der Waals surface area contributed by atoms with Crippen LogP contribution in [0.25, 0.3) is 55.3 Å². The van der Waals surface area contributed by atoms with Crippen molar-refractivity contribution in [1.29, 1.82) is 0 Å². The fourth-order valence-corrected chi connectivity index (χ4v) is 8.05. The molecule has 0 aliphatic carbocycles. The molecule has 0 heterocycles. The van der Waals surface area contributed by atoms with E-state index in [4.69, 9.17) is 0 Å². The van der Waals surface area contributed by atoms with Gasteiger partial charge >= 0.3 is 0 Å². The maximum absolute atomic E-state index is 2.40. The van der Waals surface area contributed by atoms with Gasteiger partial charge in [-0.3, -0.25) is 0 Å². The molecule has 8 aromatic carbocycles. The maximum atomic E-state index is 2.40. The molecule has 0 saturated carbocycles. The van der Waals surface area contributed by atoms with Crippen LogP contribution in [0.4, 0.5) is 17.1 Å². The summed E-state index contributed by atoms with van der Waals surface area (Å²) in [5.74, 6) is 0. The summed E-state index contributed by atoms with van der Waals surface area (Å²) in [5, 5.41) is 2.48. The largest absolute Gasteiger partial charge is 0.310 e. The van der Waals surface area contributed by atoms with Gasteiger partial charge in [0.25, 0.3) is 0 Å². The van der Waals surface area contributed by atoms with Crippen LogP contribution in [0.2, 0.25) is 0 Å². The topological polar surface area (TPSA) is 3.24 Å². The molecule has 0 radical (unpaired) electrons. The van der Waals surface area contributed by atoms with Crippen LogP contribution in [0, 0.1) is 0 Å². The van der Waals surface area contributed by atoms with Gasteiger partial charge in [0.05, 0.1) is 0 Å². The SMILES string of the molecule is CC(C)(C)c1ccc(-c2ccc(N(c3ccc(-c4ccc(C(C)(C)C)cc4)cc3)c3ccc(-c4ccc(C(C)(C)C)cc4)c(-c4ccc5ccccc5c4)c3)cc2)cc1. The highest BCUT2D eigenvalue weighted by Crippen LogP contribution is 2.43. The summed E-state index contributed by atoms with van der Waals surface area (Å²) in [6, 6.07) is 67.8. The van der Waals surface area contributed by atoms with Crippen LogP contribution in [0.3, 0.4) is 0 Å². The van der Waals surface area contributed by atoms with Crippen LogP contribution < -0.4 is 4.90 Å². The Bertz CT molecular complexity index is 2590. The first-order valence-corrected chi connectivity index (χ1v) is 21.1. The monoisotopic (exact) mass is 767 g/mol. The molecular formula is C58H57N. The molecule has 294 valence electrons. The van der Waals surface area contributed by atoms with E-state index in [9.17, 15) is 0 Å². The molecule has 8 aromatic rings. The Kier molecular flexibility index (Phi) is 10.4. The van der Waals surface area contributed by atoms with Gasteiger partial charge in [0.15, 0.2) is 0 Å². The van der Waals surface area contributed by atoms with Crippen molar-refractivity contribution in [3.8, 4) is 44.5 Å². The molecule has 1 nitrogen and oxygen atoms in total. The highest BCUT2D eigenvalue weighted by atomic mass is 15.1. The molecule has 0 unspecified atom stereocenters. The fraction of sp³-hybridized carbons (Fsp3) is 0.207. The second-order valence-electron chi connectivity index (χ2n) is 19.2. The zero-order valence-electron chi connectivity index (χ0n) is 36.3. The van der Waals surface area contributed by atoms with Gasteiger partial charge in [0.1, 0.15) is 0 Å². The molecule has 0 saturated heterocycles. The predicted molar refractivity (Wildman–Crippen MR) is 256 cm³/mol. The first-order chi connectivity index (χ1) is 28.1. The molecule has 0 amide bonds. The van der Waals surface area contributed by atoms with Gasteiger partial charge < -0.3 is 4.90 Å². The molecule has 0 fully saturated rings. The van der Waals surface area contributed by atoms with E-state index < -0.39 is 0 Å².